The number of hydrogen-bond donors (Lipinski definition) is 2. The fraction of sp³-hybridized carbons (Fsp3) is 0.414. The molecule has 210 valence electrons. The molecule has 3 amide bonds. The summed E-state index contributed by atoms with van der Waals surface area (Å²) in [6, 6.07) is 11.8. The number of rotatable bonds is 9. The van der Waals surface area contributed by atoms with Crippen molar-refractivity contribution in [2.24, 2.45) is 0 Å². The zero-order valence-corrected chi connectivity index (χ0v) is 24.0. The number of nitrogens with one attached hydrogen (secondary N) is 2. The fourth-order valence-electron chi connectivity index (χ4n) is 5.23. The molecule has 0 bridgehead atoms. The van der Waals surface area contributed by atoms with Crippen molar-refractivity contribution in [1.82, 2.24) is 29.5 Å². The maximum absolute atomic E-state index is 14.1. The molecule has 3 aromatic rings. The zero-order chi connectivity index (χ0) is 28.1. The molecule has 2 aliphatic rings. The van der Waals surface area contributed by atoms with E-state index in [-0.39, 0.29) is 24.0 Å². The molecule has 1 aromatic carbocycles. The third-order valence-electron chi connectivity index (χ3n) is 7.08. The second-order valence-corrected chi connectivity index (χ2v) is 11.5. The van der Waals surface area contributed by atoms with Gasteiger partial charge in [0.25, 0.3) is 0 Å². The molecule has 2 unspecified atom stereocenters. The molecule has 2 aromatic heterocycles. The number of fused-ring (bicyclic) bond motifs is 1. The molecule has 1 saturated carbocycles. The molecule has 1 aliphatic carbocycles. The van der Waals surface area contributed by atoms with Gasteiger partial charge in [-0.25, -0.2) is 9.78 Å². The van der Waals surface area contributed by atoms with Crippen LogP contribution >= 0.6 is 11.5 Å². The van der Waals surface area contributed by atoms with Gasteiger partial charge in [0.1, 0.15) is 10.8 Å². The van der Waals surface area contributed by atoms with Crippen molar-refractivity contribution in [3.63, 3.8) is 0 Å². The number of carbonyl (C=O) groups excluding carboxylic acids is 2. The van der Waals surface area contributed by atoms with Crippen LogP contribution in [0, 0.1) is 6.92 Å². The van der Waals surface area contributed by atoms with Crippen molar-refractivity contribution in [3.8, 4) is 0 Å². The lowest BCUT2D eigenvalue weighted by atomic mass is 9.89. The Morgan fingerprint density at radius 1 is 1.23 bits per heavy atom. The van der Waals surface area contributed by atoms with Crippen LogP contribution in [0.1, 0.15) is 42.5 Å². The minimum Gasteiger partial charge on any atom is -0.350 e. The Morgan fingerprint density at radius 3 is 2.80 bits per heavy atom. The summed E-state index contributed by atoms with van der Waals surface area (Å²) in [6.45, 7) is 3.57. The van der Waals surface area contributed by atoms with Gasteiger partial charge >= 0.3 is 6.03 Å². The predicted octanol–water partition coefficient (Wildman–Crippen LogP) is 4.47. The molecule has 5 rings (SSSR count). The molecule has 2 N–H and O–H groups in total. The van der Waals surface area contributed by atoms with Crippen LogP contribution in [-0.2, 0) is 17.9 Å². The van der Waals surface area contributed by atoms with Gasteiger partial charge in [-0.05, 0) is 69.9 Å². The molecule has 10 nitrogen and oxygen atoms in total. The van der Waals surface area contributed by atoms with E-state index in [0.29, 0.717) is 37.8 Å². The summed E-state index contributed by atoms with van der Waals surface area (Å²) < 4.78 is 4.32. The molecule has 0 saturated heterocycles. The number of amides is 3. The Balaban J connectivity index is 1.39. The first kappa shape index (κ1) is 27.7. The first-order chi connectivity index (χ1) is 19.4. The minimum atomic E-state index is -0.0998. The molecule has 1 aliphatic heterocycles. The summed E-state index contributed by atoms with van der Waals surface area (Å²) in [5.74, 6) is 0.969. The second-order valence-electron chi connectivity index (χ2n) is 10.7. The summed E-state index contributed by atoms with van der Waals surface area (Å²) in [5, 5.41) is 7.24. The van der Waals surface area contributed by atoms with Gasteiger partial charge < -0.3 is 20.4 Å². The highest BCUT2D eigenvalue weighted by atomic mass is 32.1. The molecule has 2 atom stereocenters. The first-order valence-corrected chi connectivity index (χ1v) is 14.4. The lowest BCUT2D eigenvalue weighted by Crippen LogP contribution is -2.54. The average Bonchev–Trinajstić information content (AvgIpc) is 3.34. The van der Waals surface area contributed by atoms with Gasteiger partial charge in [0.05, 0.1) is 12.2 Å². The van der Waals surface area contributed by atoms with Gasteiger partial charge in [0.15, 0.2) is 0 Å². The van der Waals surface area contributed by atoms with Crippen molar-refractivity contribution in [3.05, 3.63) is 71.6 Å². The number of likely N-dealkylation sites (N-methyl/N-ethyl adjacent to an activating group) is 1. The number of nitrogens with zero attached hydrogens (tertiary/aromatic N) is 6. The summed E-state index contributed by atoms with van der Waals surface area (Å²) in [6.07, 6.45) is 8.56. The Bertz CT molecular complexity index is 1360. The molecule has 1 fully saturated rings. The predicted molar refractivity (Wildman–Crippen MR) is 158 cm³/mol. The van der Waals surface area contributed by atoms with Crippen LogP contribution in [0.4, 0.5) is 21.6 Å². The Kier molecular flexibility index (Phi) is 8.71. The van der Waals surface area contributed by atoms with Crippen LogP contribution in [-0.4, -0.2) is 68.8 Å². The first-order valence-electron chi connectivity index (χ1n) is 13.7. The summed E-state index contributed by atoms with van der Waals surface area (Å²) in [4.78, 5) is 41.7. The smallest absolute Gasteiger partial charge is 0.326 e. The minimum absolute atomic E-state index is 0.0180. The van der Waals surface area contributed by atoms with Gasteiger partial charge in [-0.2, -0.15) is 9.36 Å². The number of hydrogen-bond acceptors (Lipinski definition) is 8. The maximum Gasteiger partial charge on any atom is 0.326 e. The summed E-state index contributed by atoms with van der Waals surface area (Å²) in [5.41, 5.74) is 2.89. The molecule has 3 heterocycles. The number of urea groups is 1. The fourth-order valence-corrected chi connectivity index (χ4v) is 5.89. The molecule has 0 radical (unpaired) electrons. The number of anilines is 3. The van der Waals surface area contributed by atoms with Crippen molar-refractivity contribution < 1.29 is 9.59 Å². The molecular weight excluding hydrogens is 524 g/mol. The van der Waals surface area contributed by atoms with Crippen LogP contribution in [0.3, 0.4) is 0 Å². The molecule has 11 heteroatoms. The number of benzene rings is 1. The van der Waals surface area contributed by atoms with Crippen LogP contribution in [0.25, 0.3) is 0 Å². The normalized spacial score (nSPS) is 19.2. The molecule has 40 heavy (non-hydrogen) atoms. The zero-order valence-electron chi connectivity index (χ0n) is 23.2. The van der Waals surface area contributed by atoms with Crippen molar-refractivity contribution in [2.45, 2.75) is 57.8 Å². The second kappa shape index (κ2) is 12.6. The van der Waals surface area contributed by atoms with Gasteiger partial charge in [-0.1, -0.05) is 36.4 Å². The van der Waals surface area contributed by atoms with E-state index < -0.39 is 0 Å². The number of aromatic nitrogens is 3. The SMILES string of the molecule is Cc1cc(Nc2ncc3c(n2)N(C2CCCC(NC(=O)/C=C/CN(C)C)C2)C(=O)N(Cc2ccccc2)C3)sn1. The molecular formula is C29H36N8O2S. The van der Waals surface area contributed by atoms with Gasteiger partial charge in [0.2, 0.25) is 11.9 Å². The highest BCUT2D eigenvalue weighted by molar-refractivity contribution is 7.10. The monoisotopic (exact) mass is 560 g/mol. The highest BCUT2D eigenvalue weighted by Gasteiger charge is 2.39. The Morgan fingerprint density at radius 2 is 2.05 bits per heavy atom. The Hall–Kier alpha value is -3.83. The van der Waals surface area contributed by atoms with E-state index in [4.69, 9.17) is 4.98 Å². The van der Waals surface area contributed by atoms with Crippen LogP contribution in [0.2, 0.25) is 0 Å². The van der Waals surface area contributed by atoms with Gasteiger partial charge in [0, 0.05) is 43.0 Å². The topological polar surface area (TPSA) is 107 Å². The van der Waals surface area contributed by atoms with Crippen molar-refractivity contribution in [2.75, 3.05) is 30.9 Å². The van der Waals surface area contributed by atoms with E-state index in [9.17, 15) is 9.59 Å². The van der Waals surface area contributed by atoms with Gasteiger partial charge in [-0.3, -0.25) is 9.69 Å². The van der Waals surface area contributed by atoms with Crippen molar-refractivity contribution in [1.29, 1.82) is 0 Å². The van der Waals surface area contributed by atoms with Crippen LogP contribution in [0.5, 0.6) is 0 Å². The lowest BCUT2D eigenvalue weighted by Gasteiger charge is -2.43. The quantitative estimate of drug-likeness (QED) is 0.372. The highest BCUT2D eigenvalue weighted by Crippen LogP contribution is 2.35. The maximum atomic E-state index is 14.1. The number of aryl methyl sites for hydroxylation is 1. The van der Waals surface area contributed by atoms with E-state index >= 15 is 0 Å². The Labute approximate surface area is 239 Å². The van der Waals surface area contributed by atoms with E-state index in [0.717, 1.165) is 41.1 Å². The van der Waals surface area contributed by atoms with Crippen LogP contribution < -0.4 is 15.5 Å². The van der Waals surface area contributed by atoms with Crippen LogP contribution in [0.15, 0.2) is 54.7 Å². The van der Waals surface area contributed by atoms with E-state index in [2.05, 4.69) is 20.0 Å². The lowest BCUT2D eigenvalue weighted by molar-refractivity contribution is -0.117. The molecule has 0 spiro atoms. The van der Waals surface area contributed by atoms with E-state index in [1.54, 1.807) is 6.08 Å². The third kappa shape index (κ3) is 6.83. The summed E-state index contributed by atoms with van der Waals surface area (Å²) in [7, 11) is 3.93. The standard InChI is InChI=1S/C29H36N8O2S/c1-20-15-26(40-34-20)32-28-30-17-22-19-36(18-21-9-5-4-6-10-21)29(39)37(27(22)33-28)24-12-7-11-23(16-24)31-25(38)13-8-14-35(2)3/h4-6,8-10,13,15,17,23-24H,7,11-12,14,16,18-19H2,1-3H3,(H,31,38)(H,30,32,33)/b13-8+. The third-order valence-corrected chi connectivity index (χ3v) is 7.88. The largest absolute Gasteiger partial charge is 0.350 e. The van der Waals surface area contributed by atoms with Crippen molar-refractivity contribution >= 4 is 40.2 Å². The van der Waals surface area contributed by atoms with Gasteiger partial charge in [-0.15, -0.1) is 0 Å². The van der Waals surface area contributed by atoms with E-state index in [1.165, 1.54) is 11.5 Å². The van der Waals surface area contributed by atoms with E-state index in [1.807, 2.05) is 84.4 Å². The summed E-state index contributed by atoms with van der Waals surface area (Å²) >= 11 is 1.35. The average molecular weight is 561 g/mol. The number of carbonyl (C=O) groups is 2.